The van der Waals surface area contributed by atoms with E-state index >= 15 is 0 Å². The summed E-state index contributed by atoms with van der Waals surface area (Å²) in [4.78, 5) is 19.2. The van der Waals surface area contributed by atoms with Gasteiger partial charge < -0.3 is 24.3 Å². The molecule has 33 heavy (non-hydrogen) atoms. The van der Waals surface area contributed by atoms with Gasteiger partial charge in [-0.05, 0) is 12.1 Å². The summed E-state index contributed by atoms with van der Waals surface area (Å²) >= 11 is 6.17. The number of rotatable bonds is 9. The highest BCUT2D eigenvalue weighted by Gasteiger charge is 2.17. The number of hydrogen-bond donors (Lipinski definition) is 1. The second-order valence-electron chi connectivity index (χ2n) is 7.11. The van der Waals surface area contributed by atoms with Gasteiger partial charge in [0.1, 0.15) is 18.1 Å². The number of pyridine rings is 1. The molecule has 1 aliphatic heterocycles. The number of methoxy groups -OCH3 is 2. The van der Waals surface area contributed by atoms with Crippen molar-refractivity contribution >= 4 is 23.2 Å². The normalized spacial score (nSPS) is 14.0. The van der Waals surface area contributed by atoms with Crippen LogP contribution in [0.25, 0.3) is 11.4 Å². The van der Waals surface area contributed by atoms with Gasteiger partial charge in [0.05, 0.1) is 33.0 Å². The molecule has 2 aromatic heterocycles. The topological polar surface area (TPSA) is 104 Å². The van der Waals surface area contributed by atoms with Crippen molar-refractivity contribution in [1.29, 1.82) is 0 Å². The van der Waals surface area contributed by atoms with Crippen LogP contribution in [0.5, 0.6) is 17.2 Å². The molecular formula is C22H25ClN6O4. The van der Waals surface area contributed by atoms with Crippen LogP contribution in [0.15, 0.2) is 36.8 Å². The molecule has 0 radical (unpaired) electrons. The number of benzene rings is 1. The smallest absolute Gasteiger partial charge is 0.230 e. The fourth-order valence-electron chi connectivity index (χ4n) is 3.36. The van der Waals surface area contributed by atoms with E-state index in [1.807, 2.05) is 0 Å². The van der Waals surface area contributed by atoms with Gasteiger partial charge in [-0.25, -0.2) is 15.0 Å². The number of morpholine rings is 1. The third kappa shape index (κ3) is 5.78. The Hall–Kier alpha value is -3.21. The van der Waals surface area contributed by atoms with E-state index in [-0.39, 0.29) is 0 Å². The summed E-state index contributed by atoms with van der Waals surface area (Å²) in [5.74, 6) is 2.35. The molecule has 174 valence electrons. The van der Waals surface area contributed by atoms with Gasteiger partial charge in [0, 0.05) is 43.7 Å². The van der Waals surface area contributed by atoms with Crippen molar-refractivity contribution in [2.75, 3.05) is 59.0 Å². The zero-order valence-electron chi connectivity index (χ0n) is 18.5. The Morgan fingerprint density at radius 1 is 1.09 bits per heavy atom. The molecule has 1 saturated heterocycles. The van der Waals surface area contributed by atoms with E-state index in [4.69, 9.17) is 30.5 Å². The molecule has 0 bridgehead atoms. The molecule has 0 atom stereocenters. The molecular weight excluding hydrogens is 448 g/mol. The highest BCUT2D eigenvalue weighted by molar-refractivity contribution is 6.31. The molecule has 3 aromatic rings. The maximum atomic E-state index is 6.17. The van der Waals surface area contributed by atoms with E-state index in [0.29, 0.717) is 52.0 Å². The molecule has 0 saturated carbocycles. The van der Waals surface area contributed by atoms with Crippen molar-refractivity contribution in [2.45, 2.75) is 0 Å². The first-order valence-electron chi connectivity index (χ1n) is 10.4. The fraction of sp³-hybridized carbons (Fsp3) is 0.364. The van der Waals surface area contributed by atoms with Crippen LogP contribution < -0.4 is 19.5 Å². The Balaban J connectivity index is 1.50. The first kappa shape index (κ1) is 23.0. The number of nitrogens with zero attached hydrogens (tertiary/aromatic N) is 5. The van der Waals surface area contributed by atoms with Gasteiger partial charge in [-0.2, -0.15) is 4.98 Å². The van der Waals surface area contributed by atoms with Crippen molar-refractivity contribution < 1.29 is 18.9 Å². The van der Waals surface area contributed by atoms with E-state index in [0.717, 1.165) is 32.8 Å². The summed E-state index contributed by atoms with van der Waals surface area (Å²) in [6, 6.07) is 7.16. The molecule has 0 unspecified atom stereocenters. The largest absolute Gasteiger partial charge is 0.493 e. The van der Waals surface area contributed by atoms with Crippen molar-refractivity contribution in [2.24, 2.45) is 0 Å². The monoisotopic (exact) mass is 472 g/mol. The summed E-state index contributed by atoms with van der Waals surface area (Å²) in [7, 11) is 3.16. The van der Waals surface area contributed by atoms with Crippen LogP contribution in [-0.4, -0.2) is 78.5 Å². The first-order chi connectivity index (χ1) is 16.2. The van der Waals surface area contributed by atoms with Gasteiger partial charge in [0.15, 0.2) is 17.3 Å². The minimum Gasteiger partial charge on any atom is -0.493 e. The predicted molar refractivity (Wildman–Crippen MR) is 124 cm³/mol. The number of nitrogens with one attached hydrogen (secondary N) is 1. The Kier molecular flexibility index (Phi) is 7.71. The van der Waals surface area contributed by atoms with Crippen molar-refractivity contribution in [3.05, 3.63) is 41.9 Å². The Bertz CT molecular complexity index is 1060. The zero-order chi connectivity index (χ0) is 23.0. The lowest BCUT2D eigenvalue weighted by molar-refractivity contribution is 0.0319. The molecule has 1 N–H and O–H groups in total. The minimum atomic E-state index is 0.316. The van der Waals surface area contributed by atoms with E-state index in [2.05, 4.69) is 30.2 Å². The molecule has 4 rings (SSSR count). The lowest BCUT2D eigenvalue weighted by atomic mass is 10.2. The van der Waals surface area contributed by atoms with Gasteiger partial charge in [-0.1, -0.05) is 11.6 Å². The van der Waals surface area contributed by atoms with Gasteiger partial charge in [-0.3, -0.25) is 4.90 Å². The van der Waals surface area contributed by atoms with Crippen LogP contribution in [0.3, 0.4) is 0 Å². The molecule has 10 nitrogen and oxygen atoms in total. The van der Waals surface area contributed by atoms with Crippen molar-refractivity contribution in [3.8, 4) is 28.6 Å². The van der Waals surface area contributed by atoms with E-state index in [1.54, 1.807) is 44.7 Å². The van der Waals surface area contributed by atoms with E-state index < -0.39 is 0 Å². The quantitative estimate of drug-likeness (QED) is 0.467. The van der Waals surface area contributed by atoms with Crippen LogP contribution in [0, 0.1) is 0 Å². The summed E-state index contributed by atoms with van der Waals surface area (Å²) in [6.07, 6.45) is 3.01. The fourth-order valence-corrected chi connectivity index (χ4v) is 3.57. The number of hydrogen-bond acceptors (Lipinski definition) is 10. The summed E-state index contributed by atoms with van der Waals surface area (Å²) < 4.78 is 22.5. The minimum absolute atomic E-state index is 0.316. The zero-order valence-corrected chi connectivity index (χ0v) is 19.2. The van der Waals surface area contributed by atoms with Crippen molar-refractivity contribution in [1.82, 2.24) is 24.8 Å². The Morgan fingerprint density at radius 2 is 1.85 bits per heavy atom. The van der Waals surface area contributed by atoms with Crippen LogP contribution in [0.4, 0.5) is 11.6 Å². The molecule has 11 heteroatoms. The third-order valence-electron chi connectivity index (χ3n) is 5.05. The van der Waals surface area contributed by atoms with Gasteiger partial charge in [-0.15, -0.1) is 0 Å². The van der Waals surface area contributed by atoms with Gasteiger partial charge in [0.25, 0.3) is 0 Å². The second kappa shape index (κ2) is 11.1. The average Bonchev–Trinajstić information content (AvgIpc) is 2.85. The maximum absolute atomic E-state index is 6.17. The molecule has 1 aliphatic rings. The molecule has 0 amide bonds. The third-order valence-corrected chi connectivity index (χ3v) is 5.35. The van der Waals surface area contributed by atoms with Crippen LogP contribution in [0.1, 0.15) is 0 Å². The van der Waals surface area contributed by atoms with Crippen LogP contribution in [-0.2, 0) is 4.74 Å². The molecule has 0 spiro atoms. The number of ether oxygens (including phenoxy) is 4. The Labute approximate surface area is 196 Å². The molecule has 0 aliphatic carbocycles. The lowest BCUT2D eigenvalue weighted by Crippen LogP contribution is -2.38. The number of anilines is 2. The number of halogens is 1. The van der Waals surface area contributed by atoms with Crippen molar-refractivity contribution in [3.63, 3.8) is 0 Å². The van der Waals surface area contributed by atoms with Crippen LogP contribution >= 0.6 is 11.6 Å². The van der Waals surface area contributed by atoms with E-state index in [9.17, 15) is 0 Å². The molecule has 1 aromatic carbocycles. The standard InChI is InChI=1S/C22H25ClN6O4/c1-30-17-12-15(13-18(31-2)19(17)33-11-8-29-6-9-32-10-7-29)27-22-26-14-25-21(28-22)16-4-3-5-24-20(16)23/h3-5,12-14H,6-11H2,1-2H3,(H,25,26,27,28). The predicted octanol–water partition coefficient (Wildman–Crippen LogP) is 3.06. The average molecular weight is 473 g/mol. The van der Waals surface area contributed by atoms with Gasteiger partial charge >= 0.3 is 0 Å². The lowest BCUT2D eigenvalue weighted by Gasteiger charge is -2.26. The van der Waals surface area contributed by atoms with E-state index in [1.165, 1.54) is 6.33 Å². The summed E-state index contributed by atoms with van der Waals surface area (Å²) in [5, 5.41) is 3.47. The summed E-state index contributed by atoms with van der Waals surface area (Å²) in [6.45, 7) is 4.59. The SMILES string of the molecule is COc1cc(Nc2ncnc(-c3cccnc3Cl)n2)cc(OC)c1OCCN1CCOCC1. The Morgan fingerprint density at radius 3 is 2.55 bits per heavy atom. The first-order valence-corrected chi connectivity index (χ1v) is 10.8. The maximum Gasteiger partial charge on any atom is 0.230 e. The summed E-state index contributed by atoms with van der Waals surface area (Å²) in [5.41, 5.74) is 1.28. The highest BCUT2D eigenvalue weighted by Crippen LogP contribution is 2.40. The molecule has 1 fully saturated rings. The number of aromatic nitrogens is 4. The van der Waals surface area contributed by atoms with Gasteiger partial charge in [0.2, 0.25) is 11.7 Å². The van der Waals surface area contributed by atoms with Crippen LogP contribution in [0.2, 0.25) is 5.15 Å². The molecule has 3 heterocycles. The highest BCUT2D eigenvalue weighted by atomic mass is 35.5. The second-order valence-corrected chi connectivity index (χ2v) is 7.47.